The summed E-state index contributed by atoms with van der Waals surface area (Å²) in [6, 6.07) is 6.10. The fraction of sp³-hybridized carbons (Fsp3) is 0.565. The maximum Gasteiger partial charge on any atom is 0.167 e. The van der Waals surface area contributed by atoms with Crippen molar-refractivity contribution in [3.05, 3.63) is 47.5 Å². The summed E-state index contributed by atoms with van der Waals surface area (Å²) >= 11 is 0. The van der Waals surface area contributed by atoms with Gasteiger partial charge < -0.3 is 14.2 Å². The number of hydrogen-bond donors (Lipinski definition) is 0. The second-order valence-corrected chi connectivity index (χ2v) is 9.41. The number of methoxy groups -OCH3 is 1. The lowest BCUT2D eigenvalue weighted by Crippen LogP contribution is -2.63. The zero-order chi connectivity index (χ0) is 20.2. The fourth-order valence-corrected chi connectivity index (χ4v) is 5.29. The Morgan fingerprint density at radius 3 is 2.69 bits per heavy atom. The van der Waals surface area contributed by atoms with Gasteiger partial charge in [-0.05, 0) is 33.3 Å². The van der Waals surface area contributed by atoms with Crippen LogP contribution in [0.3, 0.4) is 0 Å². The molecule has 2 aromatic rings. The zero-order valence-electron chi connectivity index (χ0n) is 17.6. The third-order valence-corrected chi connectivity index (χ3v) is 6.74. The average molecular weight is 396 g/mol. The summed E-state index contributed by atoms with van der Waals surface area (Å²) in [6.45, 7) is 10.1. The zero-order valence-corrected chi connectivity index (χ0v) is 17.6. The third kappa shape index (κ3) is 3.19. The number of hydrogen-bond acceptors (Lipinski definition) is 6. The number of rotatable bonds is 3. The van der Waals surface area contributed by atoms with E-state index in [1.807, 2.05) is 31.5 Å². The number of aromatic nitrogens is 2. The highest BCUT2D eigenvalue weighted by atomic mass is 16.5. The fourth-order valence-electron chi connectivity index (χ4n) is 5.29. The predicted octanol–water partition coefficient (Wildman–Crippen LogP) is 3.54. The van der Waals surface area contributed by atoms with Gasteiger partial charge in [-0.2, -0.15) is 0 Å². The number of para-hydroxylation sites is 1. The Morgan fingerprint density at radius 2 is 1.97 bits per heavy atom. The van der Waals surface area contributed by atoms with Crippen molar-refractivity contribution in [2.45, 2.75) is 45.4 Å². The van der Waals surface area contributed by atoms with Crippen molar-refractivity contribution >= 4 is 0 Å². The van der Waals surface area contributed by atoms with Crippen molar-refractivity contribution in [2.75, 3.05) is 26.8 Å². The van der Waals surface area contributed by atoms with Crippen LogP contribution in [0.4, 0.5) is 0 Å². The molecule has 0 radical (unpaired) electrons. The van der Waals surface area contributed by atoms with E-state index in [1.165, 1.54) is 5.56 Å². The van der Waals surface area contributed by atoms with Gasteiger partial charge in [-0.1, -0.05) is 12.1 Å². The van der Waals surface area contributed by atoms with Gasteiger partial charge in [0.15, 0.2) is 11.5 Å². The van der Waals surface area contributed by atoms with Gasteiger partial charge in [0.1, 0.15) is 11.4 Å². The molecule has 6 heteroatoms. The lowest BCUT2D eigenvalue weighted by atomic mass is 9.64. The molecule has 0 bridgehead atoms. The maximum atomic E-state index is 6.53. The van der Waals surface area contributed by atoms with E-state index in [2.05, 4.69) is 34.8 Å². The van der Waals surface area contributed by atoms with Crippen LogP contribution in [-0.4, -0.2) is 47.3 Å². The number of benzene rings is 1. The minimum Gasteiger partial charge on any atom is -0.493 e. The molecule has 1 aromatic heterocycles. The van der Waals surface area contributed by atoms with Crippen molar-refractivity contribution in [1.29, 1.82) is 0 Å². The van der Waals surface area contributed by atoms with Crippen LogP contribution >= 0.6 is 0 Å². The van der Waals surface area contributed by atoms with E-state index in [4.69, 9.17) is 14.2 Å². The summed E-state index contributed by atoms with van der Waals surface area (Å²) in [5, 5.41) is 0. The van der Waals surface area contributed by atoms with E-state index in [9.17, 15) is 0 Å². The normalized spacial score (nSPS) is 26.8. The van der Waals surface area contributed by atoms with Gasteiger partial charge in [0.05, 0.1) is 19.8 Å². The molecule has 3 aliphatic rings. The Labute approximate surface area is 172 Å². The molecule has 3 aliphatic heterocycles. The third-order valence-electron chi connectivity index (χ3n) is 6.74. The Balaban J connectivity index is 1.32. The van der Waals surface area contributed by atoms with Crippen LogP contribution in [-0.2, 0) is 11.3 Å². The van der Waals surface area contributed by atoms with Gasteiger partial charge in [0, 0.05) is 54.5 Å². The predicted molar refractivity (Wildman–Crippen MR) is 109 cm³/mol. The van der Waals surface area contributed by atoms with Gasteiger partial charge in [0.25, 0.3) is 0 Å². The molecule has 6 nitrogen and oxygen atoms in total. The summed E-state index contributed by atoms with van der Waals surface area (Å²) in [5.74, 6) is 2.76. The molecule has 0 N–H and O–H groups in total. The molecule has 0 unspecified atom stereocenters. The summed E-state index contributed by atoms with van der Waals surface area (Å²) in [6.07, 6.45) is 5.04. The SMILES string of the molecule is COc1cccc2c1OC(C)(C)[C@H]1CC3(CO[C@H]21)CN(Cc1cnc(C)nc1)C3. The van der Waals surface area contributed by atoms with Crippen molar-refractivity contribution in [1.82, 2.24) is 14.9 Å². The monoisotopic (exact) mass is 395 g/mol. The molecule has 2 saturated heterocycles. The standard InChI is InChI=1S/C23H29N3O3/c1-15-24-9-16(10-25-15)11-26-12-23(13-26)8-18-20(28-14-23)17-6-5-7-19(27-4)21(17)29-22(18,2)3/h5-7,9-10,18,20H,8,11-14H2,1-4H3/t18-,20+/m0/s1. The van der Waals surface area contributed by atoms with E-state index in [1.54, 1.807) is 7.11 Å². The summed E-state index contributed by atoms with van der Waals surface area (Å²) < 4.78 is 18.5. The molecule has 2 atom stereocenters. The lowest BCUT2D eigenvalue weighted by Gasteiger charge is -2.58. The summed E-state index contributed by atoms with van der Waals surface area (Å²) in [4.78, 5) is 11.1. The smallest absolute Gasteiger partial charge is 0.167 e. The first-order chi connectivity index (χ1) is 13.9. The van der Waals surface area contributed by atoms with Gasteiger partial charge in [-0.3, -0.25) is 4.90 Å². The number of fused-ring (bicyclic) bond motifs is 3. The van der Waals surface area contributed by atoms with Crippen LogP contribution in [0.5, 0.6) is 11.5 Å². The molecule has 2 fully saturated rings. The minimum absolute atomic E-state index is 0.0639. The highest BCUT2D eigenvalue weighted by Gasteiger charge is 2.56. The molecular formula is C23H29N3O3. The summed E-state index contributed by atoms with van der Waals surface area (Å²) in [7, 11) is 1.69. The number of ether oxygens (including phenoxy) is 3. The molecule has 0 amide bonds. The molecular weight excluding hydrogens is 366 g/mol. The van der Waals surface area contributed by atoms with Crippen molar-refractivity contribution in [2.24, 2.45) is 11.3 Å². The Bertz CT molecular complexity index is 906. The molecule has 1 spiro atoms. The first-order valence-corrected chi connectivity index (χ1v) is 10.4. The van der Waals surface area contributed by atoms with E-state index in [-0.39, 0.29) is 17.1 Å². The minimum atomic E-state index is -0.301. The van der Waals surface area contributed by atoms with E-state index < -0.39 is 0 Å². The lowest BCUT2D eigenvalue weighted by molar-refractivity contribution is -0.200. The van der Waals surface area contributed by atoms with Gasteiger partial charge in [-0.25, -0.2) is 9.97 Å². The maximum absolute atomic E-state index is 6.53. The second kappa shape index (κ2) is 6.67. The molecule has 0 saturated carbocycles. The average Bonchev–Trinajstić information content (AvgIpc) is 2.68. The van der Waals surface area contributed by atoms with E-state index in [0.717, 1.165) is 55.5 Å². The highest BCUT2D eigenvalue weighted by Crippen LogP contribution is 2.56. The molecule has 5 rings (SSSR count). The van der Waals surface area contributed by atoms with Crippen LogP contribution in [0.15, 0.2) is 30.6 Å². The topological polar surface area (TPSA) is 56.7 Å². The molecule has 4 heterocycles. The second-order valence-electron chi connectivity index (χ2n) is 9.41. The molecule has 1 aromatic carbocycles. The first-order valence-electron chi connectivity index (χ1n) is 10.4. The number of nitrogens with zero attached hydrogens (tertiary/aromatic N) is 3. The van der Waals surface area contributed by atoms with Crippen molar-refractivity contribution in [3.63, 3.8) is 0 Å². The van der Waals surface area contributed by atoms with Crippen LogP contribution in [0.25, 0.3) is 0 Å². The summed E-state index contributed by atoms with van der Waals surface area (Å²) in [5.41, 5.74) is 2.20. The Kier molecular flexibility index (Phi) is 4.33. The van der Waals surface area contributed by atoms with Crippen LogP contribution in [0, 0.1) is 18.3 Å². The largest absolute Gasteiger partial charge is 0.493 e. The van der Waals surface area contributed by atoms with E-state index in [0.29, 0.717) is 5.92 Å². The first kappa shape index (κ1) is 18.8. The number of aryl methyl sites for hydroxylation is 1. The van der Waals surface area contributed by atoms with Crippen LogP contribution in [0.1, 0.15) is 43.3 Å². The van der Waals surface area contributed by atoms with Crippen molar-refractivity contribution in [3.8, 4) is 11.5 Å². The number of likely N-dealkylation sites (tertiary alicyclic amines) is 1. The van der Waals surface area contributed by atoms with Crippen molar-refractivity contribution < 1.29 is 14.2 Å². The van der Waals surface area contributed by atoms with Gasteiger partial charge >= 0.3 is 0 Å². The quantitative estimate of drug-likeness (QED) is 0.792. The molecule has 29 heavy (non-hydrogen) atoms. The van der Waals surface area contributed by atoms with Gasteiger partial charge in [-0.15, -0.1) is 0 Å². The Morgan fingerprint density at radius 1 is 1.21 bits per heavy atom. The highest BCUT2D eigenvalue weighted by molar-refractivity contribution is 5.50. The molecule has 0 aliphatic carbocycles. The Hall–Kier alpha value is -2.18. The van der Waals surface area contributed by atoms with Crippen LogP contribution in [0.2, 0.25) is 0 Å². The van der Waals surface area contributed by atoms with E-state index >= 15 is 0 Å². The molecule has 154 valence electrons. The van der Waals surface area contributed by atoms with Crippen LogP contribution < -0.4 is 9.47 Å². The van der Waals surface area contributed by atoms with Gasteiger partial charge in [0.2, 0.25) is 0 Å².